The SMILES string of the molecule is COc1ccc([C@@H]2Nc3ccccc3C(=O)N2c2cccc3ccccc23)cc1COc1c(C)cccc1C. The average molecular weight is 515 g/mol. The zero-order chi connectivity index (χ0) is 26.9. The second-order valence-electron chi connectivity index (χ2n) is 9.85. The van der Waals surface area contributed by atoms with Gasteiger partial charge < -0.3 is 14.8 Å². The number of hydrogen-bond donors (Lipinski definition) is 1. The van der Waals surface area contributed by atoms with Crippen molar-refractivity contribution in [1.82, 2.24) is 0 Å². The van der Waals surface area contributed by atoms with Crippen molar-refractivity contribution in [2.45, 2.75) is 26.6 Å². The Morgan fingerprint density at radius 2 is 1.54 bits per heavy atom. The Balaban J connectivity index is 1.45. The zero-order valence-corrected chi connectivity index (χ0v) is 22.3. The Kier molecular flexibility index (Phi) is 6.41. The highest BCUT2D eigenvalue weighted by molar-refractivity contribution is 6.15. The summed E-state index contributed by atoms with van der Waals surface area (Å²) in [5.41, 5.74) is 6.33. The molecule has 5 heteroatoms. The summed E-state index contributed by atoms with van der Waals surface area (Å²) in [6, 6.07) is 34.1. The predicted octanol–water partition coefficient (Wildman–Crippen LogP) is 7.82. The lowest BCUT2D eigenvalue weighted by atomic mass is 9.99. The molecule has 1 aliphatic rings. The molecular weight excluding hydrogens is 484 g/mol. The molecule has 0 spiro atoms. The van der Waals surface area contributed by atoms with Crippen LogP contribution in [-0.4, -0.2) is 13.0 Å². The molecule has 39 heavy (non-hydrogen) atoms. The fraction of sp³-hybridized carbons (Fsp3) is 0.147. The number of para-hydroxylation sites is 2. The Bertz CT molecular complexity index is 1670. The van der Waals surface area contributed by atoms with Gasteiger partial charge in [-0.2, -0.15) is 0 Å². The maximum atomic E-state index is 14.1. The van der Waals surface area contributed by atoms with Crippen molar-refractivity contribution in [3.63, 3.8) is 0 Å². The molecule has 5 aromatic rings. The standard InChI is InChI=1S/C34H30N2O3/c1-22-10-8-11-23(2)32(22)39-21-26-20-25(18-19-31(26)38-3)33-35-29-16-7-6-15-28(29)34(37)36(33)30-17-9-13-24-12-4-5-14-27(24)30/h4-20,33,35H,21H2,1-3H3/t33-/m1/s1. The number of hydrogen-bond acceptors (Lipinski definition) is 4. The number of nitrogens with one attached hydrogen (secondary N) is 1. The van der Waals surface area contributed by atoms with Crippen molar-refractivity contribution in [2.24, 2.45) is 0 Å². The molecule has 0 unspecified atom stereocenters. The van der Waals surface area contributed by atoms with Gasteiger partial charge in [-0.05, 0) is 66.3 Å². The van der Waals surface area contributed by atoms with E-state index in [0.29, 0.717) is 12.2 Å². The van der Waals surface area contributed by atoms with Gasteiger partial charge in [-0.3, -0.25) is 9.69 Å². The van der Waals surface area contributed by atoms with Gasteiger partial charge in [-0.1, -0.05) is 72.8 Å². The number of anilines is 2. The molecule has 0 radical (unpaired) electrons. The van der Waals surface area contributed by atoms with E-state index in [-0.39, 0.29) is 5.91 Å². The maximum Gasteiger partial charge on any atom is 0.262 e. The molecule has 6 rings (SSSR count). The summed E-state index contributed by atoms with van der Waals surface area (Å²) < 4.78 is 12.0. The van der Waals surface area contributed by atoms with E-state index in [0.717, 1.165) is 55.9 Å². The molecule has 1 heterocycles. The van der Waals surface area contributed by atoms with Gasteiger partial charge in [0.1, 0.15) is 24.3 Å². The molecule has 1 atom stereocenters. The molecule has 1 N–H and O–H groups in total. The highest BCUT2D eigenvalue weighted by Crippen LogP contribution is 2.40. The fourth-order valence-electron chi connectivity index (χ4n) is 5.41. The number of carbonyl (C=O) groups is 1. The third-order valence-corrected chi connectivity index (χ3v) is 7.35. The number of benzene rings is 5. The quantitative estimate of drug-likeness (QED) is 0.251. The maximum absolute atomic E-state index is 14.1. The minimum Gasteiger partial charge on any atom is -0.496 e. The number of amides is 1. The number of fused-ring (bicyclic) bond motifs is 2. The summed E-state index contributed by atoms with van der Waals surface area (Å²) in [7, 11) is 1.67. The average Bonchev–Trinajstić information content (AvgIpc) is 2.96. The third-order valence-electron chi connectivity index (χ3n) is 7.35. The summed E-state index contributed by atoms with van der Waals surface area (Å²) in [4.78, 5) is 15.9. The molecule has 0 saturated carbocycles. The number of carbonyl (C=O) groups excluding carboxylic acids is 1. The number of rotatable bonds is 6. The van der Waals surface area contributed by atoms with Gasteiger partial charge in [0.05, 0.1) is 18.4 Å². The highest BCUT2D eigenvalue weighted by Gasteiger charge is 2.35. The first kappa shape index (κ1) is 24.6. The monoisotopic (exact) mass is 514 g/mol. The molecule has 0 saturated heterocycles. The van der Waals surface area contributed by atoms with E-state index in [2.05, 4.69) is 29.6 Å². The van der Waals surface area contributed by atoms with E-state index < -0.39 is 6.17 Å². The molecule has 1 aliphatic heterocycles. The van der Waals surface area contributed by atoms with Crippen LogP contribution in [0, 0.1) is 13.8 Å². The van der Waals surface area contributed by atoms with Crippen LogP contribution in [0.3, 0.4) is 0 Å². The minimum atomic E-state index is -0.428. The number of methoxy groups -OCH3 is 1. The number of aryl methyl sites for hydroxylation is 2. The van der Waals surface area contributed by atoms with Gasteiger partial charge >= 0.3 is 0 Å². The smallest absolute Gasteiger partial charge is 0.262 e. The van der Waals surface area contributed by atoms with Crippen molar-refractivity contribution in [1.29, 1.82) is 0 Å². The third kappa shape index (κ3) is 4.46. The first-order valence-corrected chi connectivity index (χ1v) is 13.1. The zero-order valence-electron chi connectivity index (χ0n) is 22.3. The van der Waals surface area contributed by atoms with E-state index in [1.54, 1.807) is 7.11 Å². The van der Waals surface area contributed by atoms with Gasteiger partial charge in [-0.15, -0.1) is 0 Å². The Morgan fingerprint density at radius 1 is 0.821 bits per heavy atom. The van der Waals surface area contributed by atoms with E-state index >= 15 is 0 Å². The highest BCUT2D eigenvalue weighted by atomic mass is 16.5. The van der Waals surface area contributed by atoms with Crippen LogP contribution in [0.25, 0.3) is 10.8 Å². The molecule has 0 bridgehead atoms. The molecule has 1 amide bonds. The van der Waals surface area contributed by atoms with Crippen LogP contribution in [-0.2, 0) is 6.61 Å². The second-order valence-corrected chi connectivity index (χ2v) is 9.85. The molecule has 5 aromatic carbocycles. The van der Waals surface area contributed by atoms with Gasteiger partial charge in [-0.25, -0.2) is 0 Å². The van der Waals surface area contributed by atoms with Crippen molar-refractivity contribution >= 4 is 28.1 Å². The largest absolute Gasteiger partial charge is 0.496 e. The van der Waals surface area contributed by atoms with E-state index in [9.17, 15) is 4.79 Å². The molecule has 0 aliphatic carbocycles. The van der Waals surface area contributed by atoms with Crippen LogP contribution in [0.2, 0.25) is 0 Å². The fourth-order valence-corrected chi connectivity index (χ4v) is 5.41. The van der Waals surface area contributed by atoms with Gasteiger partial charge in [0.25, 0.3) is 5.91 Å². The first-order chi connectivity index (χ1) is 19.0. The second kappa shape index (κ2) is 10.2. The van der Waals surface area contributed by atoms with Gasteiger partial charge in [0, 0.05) is 16.6 Å². The van der Waals surface area contributed by atoms with Crippen LogP contribution < -0.4 is 19.7 Å². The van der Waals surface area contributed by atoms with Gasteiger partial charge in [0.15, 0.2) is 0 Å². The molecule has 0 fully saturated rings. The number of nitrogens with zero attached hydrogens (tertiary/aromatic N) is 1. The Hall–Kier alpha value is -4.77. The van der Waals surface area contributed by atoms with Crippen molar-refractivity contribution in [2.75, 3.05) is 17.3 Å². The minimum absolute atomic E-state index is 0.0464. The van der Waals surface area contributed by atoms with Crippen LogP contribution in [0.15, 0.2) is 103 Å². The summed E-state index contributed by atoms with van der Waals surface area (Å²) >= 11 is 0. The van der Waals surface area contributed by atoms with Crippen LogP contribution in [0.4, 0.5) is 11.4 Å². The van der Waals surface area contributed by atoms with Crippen molar-refractivity contribution in [3.05, 3.63) is 131 Å². The molecule has 0 aromatic heterocycles. The van der Waals surface area contributed by atoms with Crippen LogP contribution in [0.1, 0.15) is 38.8 Å². The van der Waals surface area contributed by atoms with Crippen molar-refractivity contribution in [3.8, 4) is 11.5 Å². The summed E-state index contributed by atoms with van der Waals surface area (Å²) in [6.07, 6.45) is -0.428. The van der Waals surface area contributed by atoms with E-state index in [1.807, 2.05) is 97.6 Å². The van der Waals surface area contributed by atoms with Crippen LogP contribution >= 0.6 is 0 Å². The molecule has 5 nitrogen and oxygen atoms in total. The molecule has 194 valence electrons. The summed E-state index contributed by atoms with van der Waals surface area (Å²) in [6.45, 7) is 4.44. The lowest BCUT2D eigenvalue weighted by molar-refractivity contribution is 0.0975. The lowest BCUT2D eigenvalue weighted by Gasteiger charge is -2.39. The van der Waals surface area contributed by atoms with E-state index in [1.165, 1.54) is 0 Å². The van der Waals surface area contributed by atoms with Crippen LogP contribution in [0.5, 0.6) is 11.5 Å². The summed E-state index contributed by atoms with van der Waals surface area (Å²) in [5, 5.41) is 5.74. The summed E-state index contributed by atoms with van der Waals surface area (Å²) in [5.74, 6) is 1.57. The van der Waals surface area contributed by atoms with Crippen molar-refractivity contribution < 1.29 is 14.3 Å². The number of ether oxygens (including phenoxy) is 2. The Morgan fingerprint density at radius 3 is 2.36 bits per heavy atom. The Labute approximate surface area is 228 Å². The van der Waals surface area contributed by atoms with Gasteiger partial charge in [0.2, 0.25) is 0 Å². The van der Waals surface area contributed by atoms with E-state index in [4.69, 9.17) is 9.47 Å². The lowest BCUT2D eigenvalue weighted by Crippen LogP contribution is -2.43. The first-order valence-electron chi connectivity index (χ1n) is 13.1. The molecular formula is C34H30N2O3. The predicted molar refractivity (Wildman–Crippen MR) is 157 cm³/mol. The normalized spacial score (nSPS) is 14.6. The topological polar surface area (TPSA) is 50.8 Å².